The summed E-state index contributed by atoms with van der Waals surface area (Å²) in [6, 6.07) is 10.4. The van der Waals surface area contributed by atoms with Gasteiger partial charge in [0.05, 0.1) is 17.4 Å². The molecule has 0 spiro atoms. The van der Waals surface area contributed by atoms with Gasteiger partial charge in [-0.1, -0.05) is 45.2 Å². The van der Waals surface area contributed by atoms with Crippen LogP contribution in [0.5, 0.6) is 5.75 Å². The molecule has 0 aromatic heterocycles. The number of hydrogen-bond acceptors (Lipinski definition) is 3. The van der Waals surface area contributed by atoms with E-state index in [-0.39, 0.29) is 17.3 Å². The average Bonchev–Trinajstić information content (AvgIpc) is 2.66. The van der Waals surface area contributed by atoms with E-state index in [0.29, 0.717) is 5.75 Å². The van der Waals surface area contributed by atoms with E-state index in [1.54, 1.807) is 0 Å². The van der Waals surface area contributed by atoms with Crippen LogP contribution in [0.25, 0.3) is 0 Å². The van der Waals surface area contributed by atoms with E-state index in [0.717, 1.165) is 51.4 Å². The third-order valence-corrected chi connectivity index (χ3v) is 5.48. The minimum Gasteiger partial charge on any atom is -0.426 e. The minimum atomic E-state index is -0.215. The predicted molar refractivity (Wildman–Crippen MR) is 100 cm³/mol. The molecule has 0 radical (unpaired) electrons. The van der Waals surface area contributed by atoms with Gasteiger partial charge in [-0.25, -0.2) is 0 Å². The first-order valence-electron chi connectivity index (χ1n) is 9.84. The quantitative estimate of drug-likeness (QED) is 0.442. The largest absolute Gasteiger partial charge is 0.426 e. The van der Waals surface area contributed by atoms with Crippen molar-refractivity contribution in [2.24, 2.45) is 11.3 Å². The van der Waals surface area contributed by atoms with E-state index < -0.39 is 0 Å². The number of ether oxygens (including phenoxy) is 1. The lowest BCUT2D eigenvalue weighted by Gasteiger charge is -2.34. The molecular weight excluding hydrogens is 310 g/mol. The van der Waals surface area contributed by atoms with Gasteiger partial charge in [0.15, 0.2) is 0 Å². The molecule has 1 saturated carbocycles. The van der Waals surface area contributed by atoms with Gasteiger partial charge < -0.3 is 4.74 Å². The van der Waals surface area contributed by atoms with Crippen molar-refractivity contribution in [2.45, 2.75) is 78.1 Å². The molecule has 2 rings (SSSR count). The zero-order valence-corrected chi connectivity index (χ0v) is 15.7. The Morgan fingerprint density at radius 2 is 1.80 bits per heavy atom. The standard InChI is InChI=1S/C22H31NO2/c1-3-5-7-18-8-10-20(11-9-18)25-21(24)19-12-15-22(17-23,16-13-19)14-6-4-2/h8-11,19H,3-7,12-16H2,1-2H3/t19-,22-. The summed E-state index contributed by atoms with van der Waals surface area (Å²) < 4.78 is 5.57. The number of esters is 1. The second-order valence-electron chi connectivity index (χ2n) is 7.44. The molecule has 0 N–H and O–H groups in total. The van der Waals surface area contributed by atoms with Crippen LogP contribution in [-0.4, -0.2) is 5.97 Å². The molecule has 0 bridgehead atoms. The molecule has 25 heavy (non-hydrogen) atoms. The van der Waals surface area contributed by atoms with Crippen LogP contribution in [0.3, 0.4) is 0 Å². The first kappa shape index (κ1) is 19.5. The molecule has 136 valence electrons. The molecule has 0 amide bonds. The van der Waals surface area contributed by atoms with Gasteiger partial charge in [-0.2, -0.15) is 5.26 Å². The van der Waals surface area contributed by atoms with Crippen molar-refractivity contribution in [3.63, 3.8) is 0 Å². The Morgan fingerprint density at radius 1 is 1.16 bits per heavy atom. The van der Waals surface area contributed by atoms with Gasteiger partial charge in [0.1, 0.15) is 5.75 Å². The number of benzene rings is 1. The summed E-state index contributed by atoms with van der Waals surface area (Å²) in [5, 5.41) is 9.55. The molecule has 0 aliphatic heterocycles. The molecule has 0 saturated heterocycles. The van der Waals surface area contributed by atoms with Gasteiger partial charge >= 0.3 is 5.97 Å². The van der Waals surface area contributed by atoms with Crippen LogP contribution in [0.1, 0.15) is 77.2 Å². The number of aryl methyl sites for hydroxylation is 1. The van der Waals surface area contributed by atoms with Crippen LogP contribution < -0.4 is 4.74 Å². The highest BCUT2D eigenvalue weighted by Crippen LogP contribution is 2.42. The molecule has 0 unspecified atom stereocenters. The predicted octanol–water partition coefficient (Wildman–Crippen LogP) is 5.82. The highest BCUT2D eigenvalue weighted by Gasteiger charge is 2.37. The fraction of sp³-hybridized carbons (Fsp3) is 0.636. The van der Waals surface area contributed by atoms with Gasteiger partial charge in [0.25, 0.3) is 0 Å². The van der Waals surface area contributed by atoms with Gasteiger partial charge in [0.2, 0.25) is 0 Å². The maximum absolute atomic E-state index is 12.4. The number of carbonyl (C=O) groups is 1. The Kier molecular flexibility index (Phi) is 7.50. The summed E-state index contributed by atoms with van der Waals surface area (Å²) in [5.74, 6) is 0.430. The molecule has 1 aliphatic rings. The number of nitriles is 1. The van der Waals surface area contributed by atoms with E-state index in [1.165, 1.54) is 18.4 Å². The van der Waals surface area contributed by atoms with Crippen molar-refractivity contribution in [3.8, 4) is 11.8 Å². The normalized spacial score (nSPS) is 23.0. The van der Waals surface area contributed by atoms with E-state index in [4.69, 9.17) is 4.74 Å². The summed E-state index contributed by atoms with van der Waals surface area (Å²) in [4.78, 5) is 12.4. The number of unbranched alkanes of at least 4 members (excludes halogenated alkanes) is 2. The lowest BCUT2D eigenvalue weighted by Crippen LogP contribution is -2.31. The summed E-state index contributed by atoms with van der Waals surface area (Å²) in [5.41, 5.74) is 1.07. The maximum Gasteiger partial charge on any atom is 0.314 e. The van der Waals surface area contributed by atoms with E-state index in [1.807, 2.05) is 24.3 Å². The molecule has 1 aromatic rings. The summed E-state index contributed by atoms with van der Waals surface area (Å²) >= 11 is 0. The van der Waals surface area contributed by atoms with E-state index in [2.05, 4.69) is 19.9 Å². The van der Waals surface area contributed by atoms with Crippen LogP contribution in [0, 0.1) is 22.7 Å². The van der Waals surface area contributed by atoms with Crippen molar-refractivity contribution in [2.75, 3.05) is 0 Å². The van der Waals surface area contributed by atoms with Crippen LogP contribution in [-0.2, 0) is 11.2 Å². The van der Waals surface area contributed by atoms with Gasteiger partial charge in [-0.3, -0.25) is 4.79 Å². The smallest absolute Gasteiger partial charge is 0.314 e. The lowest BCUT2D eigenvalue weighted by molar-refractivity contribution is -0.140. The number of hydrogen-bond donors (Lipinski definition) is 0. The zero-order valence-electron chi connectivity index (χ0n) is 15.7. The maximum atomic E-state index is 12.4. The SMILES string of the molecule is CCCCc1ccc(OC(=O)[C@H]2CC[C@@](C#N)(CCCC)CC2)cc1. The lowest BCUT2D eigenvalue weighted by atomic mass is 9.69. The number of nitrogens with zero attached hydrogens (tertiary/aromatic N) is 1. The van der Waals surface area contributed by atoms with Gasteiger partial charge in [-0.05, 0) is 62.6 Å². The monoisotopic (exact) mass is 341 g/mol. The second kappa shape index (κ2) is 9.61. The van der Waals surface area contributed by atoms with Crippen molar-refractivity contribution in [1.29, 1.82) is 5.26 Å². The Balaban J connectivity index is 1.85. The Bertz CT molecular complexity index is 577. The van der Waals surface area contributed by atoms with E-state index in [9.17, 15) is 10.1 Å². The summed E-state index contributed by atoms with van der Waals surface area (Å²) in [6.07, 6.45) is 9.77. The number of rotatable bonds is 8. The van der Waals surface area contributed by atoms with Crippen LogP contribution in [0.4, 0.5) is 0 Å². The molecular formula is C22H31NO2. The van der Waals surface area contributed by atoms with Crippen LogP contribution in [0.15, 0.2) is 24.3 Å². The molecule has 1 aromatic carbocycles. The topological polar surface area (TPSA) is 50.1 Å². The Hall–Kier alpha value is -1.82. The summed E-state index contributed by atoms with van der Waals surface area (Å²) in [6.45, 7) is 4.34. The molecule has 0 atom stereocenters. The number of carbonyl (C=O) groups excluding carboxylic acids is 1. The fourth-order valence-corrected chi connectivity index (χ4v) is 3.64. The van der Waals surface area contributed by atoms with Crippen molar-refractivity contribution in [3.05, 3.63) is 29.8 Å². The Labute approximate surface area is 152 Å². The van der Waals surface area contributed by atoms with E-state index >= 15 is 0 Å². The molecule has 0 heterocycles. The minimum absolute atomic E-state index is 0.0668. The third kappa shape index (κ3) is 5.59. The van der Waals surface area contributed by atoms with Gasteiger partial charge in [0, 0.05) is 0 Å². The molecule has 3 heteroatoms. The Morgan fingerprint density at radius 3 is 2.36 bits per heavy atom. The summed E-state index contributed by atoms with van der Waals surface area (Å²) in [7, 11) is 0. The third-order valence-electron chi connectivity index (χ3n) is 5.48. The van der Waals surface area contributed by atoms with Gasteiger partial charge in [-0.15, -0.1) is 0 Å². The first-order chi connectivity index (χ1) is 12.1. The molecule has 1 aliphatic carbocycles. The molecule has 3 nitrogen and oxygen atoms in total. The van der Waals surface area contributed by atoms with Crippen molar-refractivity contribution in [1.82, 2.24) is 0 Å². The highest BCUT2D eigenvalue weighted by molar-refractivity contribution is 5.75. The highest BCUT2D eigenvalue weighted by atomic mass is 16.5. The first-order valence-corrected chi connectivity index (χ1v) is 9.84. The fourth-order valence-electron chi connectivity index (χ4n) is 3.64. The zero-order chi connectivity index (χ0) is 18.1. The van der Waals surface area contributed by atoms with Crippen molar-refractivity contribution < 1.29 is 9.53 Å². The van der Waals surface area contributed by atoms with Crippen LogP contribution >= 0.6 is 0 Å². The average molecular weight is 341 g/mol. The van der Waals surface area contributed by atoms with Crippen molar-refractivity contribution >= 4 is 5.97 Å². The van der Waals surface area contributed by atoms with Crippen LogP contribution in [0.2, 0.25) is 0 Å². The second-order valence-corrected chi connectivity index (χ2v) is 7.44. The molecule has 1 fully saturated rings.